The molecule has 0 fully saturated rings. The minimum absolute atomic E-state index is 0.0493. The Hall–Kier alpha value is -2.90. The summed E-state index contributed by atoms with van der Waals surface area (Å²) >= 11 is 1.75. The molecule has 5 rings (SSSR count). The Morgan fingerprint density at radius 3 is 2.66 bits per heavy atom. The Morgan fingerprint density at radius 1 is 1.03 bits per heavy atom. The van der Waals surface area contributed by atoms with E-state index in [1.54, 1.807) is 15.9 Å². The average Bonchev–Trinajstić information content (AvgIpc) is 3.24. The van der Waals surface area contributed by atoms with Crippen LogP contribution >= 0.6 is 11.3 Å². The van der Waals surface area contributed by atoms with E-state index in [-0.39, 0.29) is 11.5 Å². The first-order valence-electron chi connectivity index (χ1n) is 11.1. The van der Waals surface area contributed by atoms with Crippen molar-refractivity contribution in [2.45, 2.75) is 32.5 Å². The zero-order chi connectivity index (χ0) is 22.1. The molecule has 1 aromatic carbocycles. The Labute approximate surface area is 191 Å². The number of pyridine rings is 1. The average molecular weight is 450 g/mol. The van der Waals surface area contributed by atoms with Crippen LogP contribution < -0.4 is 10.3 Å². The minimum atomic E-state index is -0.102. The van der Waals surface area contributed by atoms with Gasteiger partial charge in [-0.05, 0) is 29.0 Å². The van der Waals surface area contributed by atoms with Crippen LogP contribution in [0.4, 0.5) is 0 Å². The van der Waals surface area contributed by atoms with Crippen molar-refractivity contribution in [2.75, 3.05) is 26.7 Å². The van der Waals surface area contributed by atoms with Crippen LogP contribution in [0.25, 0.3) is 0 Å². The number of methoxy groups -OCH3 is 1. The second-order valence-electron chi connectivity index (χ2n) is 8.38. The molecule has 0 saturated carbocycles. The zero-order valence-electron chi connectivity index (χ0n) is 18.3. The maximum absolute atomic E-state index is 13.7. The summed E-state index contributed by atoms with van der Waals surface area (Å²) in [5.41, 5.74) is 3.73. The van der Waals surface area contributed by atoms with Gasteiger partial charge in [0.2, 0.25) is 0 Å². The monoisotopic (exact) mass is 449 g/mol. The topological polar surface area (TPSA) is 54.8 Å². The fourth-order valence-electron chi connectivity index (χ4n) is 4.79. The fraction of sp³-hybridized carbons (Fsp3) is 0.360. The highest BCUT2D eigenvalue weighted by atomic mass is 32.1. The van der Waals surface area contributed by atoms with Crippen LogP contribution in [0.1, 0.15) is 32.1 Å². The van der Waals surface area contributed by atoms with Gasteiger partial charge in [-0.2, -0.15) is 0 Å². The van der Waals surface area contributed by atoms with Gasteiger partial charge in [0.05, 0.1) is 7.11 Å². The first kappa shape index (κ1) is 21.0. The number of carbonyl (C=O) groups excluding carboxylic acids is 1. The van der Waals surface area contributed by atoms with E-state index >= 15 is 0 Å². The molecule has 0 unspecified atom stereocenters. The van der Waals surface area contributed by atoms with Crippen molar-refractivity contribution in [3.63, 3.8) is 0 Å². The van der Waals surface area contributed by atoms with E-state index in [1.165, 1.54) is 29.2 Å². The first-order chi connectivity index (χ1) is 15.6. The number of thiophene rings is 1. The molecular weight excluding hydrogens is 422 g/mol. The second-order valence-corrected chi connectivity index (χ2v) is 9.41. The molecule has 2 aliphatic heterocycles. The van der Waals surface area contributed by atoms with Crippen molar-refractivity contribution in [3.05, 3.63) is 85.5 Å². The normalized spacial score (nSPS) is 16.2. The Kier molecular flexibility index (Phi) is 5.85. The predicted octanol–water partition coefficient (Wildman–Crippen LogP) is 3.18. The molecule has 0 spiro atoms. The smallest absolute Gasteiger partial charge is 0.259 e. The number of aromatic nitrogens is 1. The molecule has 0 saturated heterocycles. The molecule has 0 atom stereocenters. The highest BCUT2D eigenvalue weighted by Crippen LogP contribution is 2.28. The lowest BCUT2D eigenvalue weighted by Gasteiger charge is -2.30. The van der Waals surface area contributed by atoms with Crippen LogP contribution in [0.2, 0.25) is 0 Å². The zero-order valence-corrected chi connectivity index (χ0v) is 19.1. The standard InChI is InChI=1S/C25H27N3O3S/c1-31-22-15-23(29)28-13-12-26(17-20-7-4-14-32-20)10-9-21(28)24(22)25(30)27-11-8-18-5-2-3-6-19(18)16-27/h2-7,14-15H,8-13,16-17H2,1H3. The molecule has 6 nitrogen and oxygen atoms in total. The number of hydrogen-bond donors (Lipinski definition) is 0. The van der Waals surface area contributed by atoms with Crippen LogP contribution in [0.3, 0.4) is 0 Å². The summed E-state index contributed by atoms with van der Waals surface area (Å²) in [6.45, 7) is 4.27. The molecule has 4 heterocycles. The van der Waals surface area contributed by atoms with Gasteiger partial charge in [-0.15, -0.1) is 11.3 Å². The SMILES string of the molecule is COc1cc(=O)n2c(c1C(=O)N1CCc3ccccc3C1)CCN(Cc1cccs1)CC2. The van der Waals surface area contributed by atoms with Gasteiger partial charge in [0.25, 0.3) is 11.5 Å². The Balaban J connectivity index is 1.46. The third-order valence-corrected chi connectivity index (χ3v) is 7.36. The molecule has 166 valence electrons. The third kappa shape index (κ3) is 3.98. The van der Waals surface area contributed by atoms with Crippen LogP contribution in [0.5, 0.6) is 5.75 Å². The van der Waals surface area contributed by atoms with Gasteiger partial charge < -0.3 is 14.2 Å². The van der Waals surface area contributed by atoms with E-state index in [1.807, 2.05) is 17.0 Å². The van der Waals surface area contributed by atoms with E-state index in [4.69, 9.17) is 4.74 Å². The molecule has 0 bridgehead atoms. The van der Waals surface area contributed by atoms with E-state index in [2.05, 4.69) is 34.5 Å². The second kappa shape index (κ2) is 8.92. The van der Waals surface area contributed by atoms with Crippen molar-refractivity contribution < 1.29 is 9.53 Å². The van der Waals surface area contributed by atoms with Gasteiger partial charge in [0.1, 0.15) is 11.3 Å². The molecular formula is C25H27N3O3S. The molecule has 32 heavy (non-hydrogen) atoms. The fourth-order valence-corrected chi connectivity index (χ4v) is 5.54. The number of nitrogens with zero attached hydrogens (tertiary/aromatic N) is 3. The molecule has 0 N–H and O–H groups in total. The number of rotatable bonds is 4. The molecule has 7 heteroatoms. The van der Waals surface area contributed by atoms with E-state index in [0.29, 0.717) is 37.4 Å². The largest absolute Gasteiger partial charge is 0.496 e. The van der Waals surface area contributed by atoms with Crippen molar-refractivity contribution >= 4 is 17.2 Å². The van der Waals surface area contributed by atoms with Crippen LogP contribution in [0, 0.1) is 0 Å². The number of carbonyl (C=O) groups is 1. The Morgan fingerprint density at radius 2 is 1.88 bits per heavy atom. The molecule has 0 aliphatic carbocycles. The maximum Gasteiger partial charge on any atom is 0.259 e. The van der Waals surface area contributed by atoms with Crippen molar-refractivity contribution in [2.24, 2.45) is 0 Å². The summed E-state index contributed by atoms with van der Waals surface area (Å²) < 4.78 is 7.33. The lowest BCUT2D eigenvalue weighted by atomic mass is 9.98. The third-order valence-electron chi connectivity index (χ3n) is 6.50. The molecule has 2 aliphatic rings. The van der Waals surface area contributed by atoms with Gasteiger partial charge >= 0.3 is 0 Å². The van der Waals surface area contributed by atoms with E-state index in [0.717, 1.165) is 31.7 Å². The summed E-state index contributed by atoms with van der Waals surface area (Å²) in [5.74, 6) is 0.337. The van der Waals surface area contributed by atoms with Gasteiger partial charge in [-0.25, -0.2) is 0 Å². The molecule has 2 aromatic heterocycles. The predicted molar refractivity (Wildman–Crippen MR) is 125 cm³/mol. The minimum Gasteiger partial charge on any atom is -0.496 e. The summed E-state index contributed by atoms with van der Waals surface area (Å²) in [6.07, 6.45) is 1.48. The quantitative estimate of drug-likeness (QED) is 0.614. The first-order valence-corrected chi connectivity index (χ1v) is 11.9. The molecule has 0 radical (unpaired) electrons. The van der Waals surface area contributed by atoms with Crippen molar-refractivity contribution in [3.8, 4) is 5.75 Å². The van der Waals surface area contributed by atoms with Crippen molar-refractivity contribution in [1.82, 2.24) is 14.4 Å². The van der Waals surface area contributed by atoms with Crippen molar-refractivity contribution in [1.29, 1.82) is 0 Å². The summed E-state index contributed by atoms with van der Waals surface area (Å²) in [5, 5.41) is 2.09. The van der Waals surface area contributed by atoms with Gasteiger partial charge in [-0.3, -0.25) is 14.5 Å². The summed E-state index contributed by atoms with van der Waals surface area (Å²) in [6, 6.07) is 14.0. The number of amides is 1. The summed E-state index contributed by atoms with van der Waals surface area (Å²) in [4.78, 5) is 32.2. The molecule has 3 aromatic rings. The lowest BCUT2D eigenvalue weighted by molar-refractivity contribution is 0.0728. The van der Waals surface area contributed by atoms with E-state index in [9.17, 15) is 9.59 Å². The number of benzene rings is 1. The van der Waals surface area contributed by atoms with E-state index < -0.39 is 0 Å². The van der Waals surface area contributed by atoms with Gasteiger partial charge in [0, 0.05) is 62.3 Å². The highest BCUT2D eigenvalue weighted by molar-refractivity contribution is 7.09. The Bertz CT molecular complexity index is 1190. The highest BCUT2D eigenvalue weighted by Gasteiger charge is 2.30. The lowest BCUT2D eigenvalue weighted by Crippen LogP contribution is -2.38. The summed E-state index contributed by atoms with van der Waals surface area (Å²) in [7, 11) is 1.54. The number of ether oxygens (including phenoxy) is 1. The van der Waals surface area contributed by atoms with Crippen LogP contribution in [0.15, 0.2) is 52.6 Å². The van der Waals surface area contributed by atoms with Crippen LogP contribution in [-0.2, 0) is 32.5 Å². The van der Waals surface area contributed by atoms with Crippen LogP contribution in [-0.4, -0.2) is 47.0 Å². The van der Waals surface area contributed by atoms with Gasteiger partial charge in [-0.1, -0.05) is 30.3 Å². The number of fused-ring (bicyclic) bond motifs is 2. The molecule has 1 amide bonds. The van der Waals surface area contributed by atoms with Gasteiger partial charge in [0.15, 0.2) is 0 Å². The number of hydrogen-bond acceptors (Lipinski definition) is 5. The maximum atomic E-state index is 13.7.